The van der Waals surface area contributed by atoms with E-state index < -0.39 is 53.7 Å². The highest BCUT2D eigenvalue weighted by Crippen LogP contribution is 2.17. The number of esters is 7. The number of ketones is 1. The van der Waals surface area contributed by atoms with Crippen LogP contribution in [-0.2, 0) is 138 Å². The van der Waals surface area contributed by atoms with Crippen molar-refractivity contribution in [2.24, 2.45) is 11.7 Å². The Morgan fingerprint density at radius 2 is 0.832 bits per heavy atom. The van der Waals surface area contributed by atoms with Crippen molar-refractivity contribution in [2.45, 2.75) is 262 Å². The summed E-state index contributed by atoms with van der Waals surface area (Å²) in [5.41, 5.74) is 9.02. The zero-order valence-electron chi connectivity index (χ0n) is 62.6. The zero-order chi connectivity index (χ0) is 80.1. The van der Waals surface area contributed by atoms with Gasteiger partial charge in [-0.15, -0.1) is 12.8 Å². The van der Waals surface area contributed by atoms with Gasteiger partial charge in [0.15, 0.2) is 0 Å². The molecular weight excluding hydrogens is 1570 g/mol. The fourth-order valence-electron chi connectivity index (χ4n) is 8.67. The summed E-state index contributed by atoms with van der Waals surface area (Å²) < 4.78 is 63.6. The van der Waals surface area contributed by atoms with E-state index in [0.29, 0.717) is 115 Å². The van der Waals surface area contributed by atoms with Gasteiger partial charge >= 0.3 is 59.7 Å². The van der Waals surface area contributed by atoms with E-state index in [1.807, 2.05) is 76.0 Å². The Hall–Kier alpha value is -9.69. The topological polar surface area (TPSA) is 478 Å². The summed E-state index contributed by atoms with van der Waals surface area (Å²) in [5, 5.41) is 35.2. The van der Waals surface area contributed by atoms with Gasteiger partial charge in [0.1, 0.15) is 33.0 Å². The van der Waals surface area contributed by atoms with Crippen LogP contribution in [0.3, 0.4) is 0 Å². The number of carboxylic acids is 3. The molecule has 0 bridgehead atoms. The predicted molar refractivity (Wildman–Crippen MR) is 472 cm³/mol. The van der Waals surface area contributed by atoms with Gasteiger partial charge in [0, 0.05) is 117 Å². The van der Waals surface area contributed by atoms with E-state index in [1.165, 1.54) is 19.1 Å². The van der Waals surface area contributed by atoms with Gasteiger partial charge in [0.2, 0.25) is 0 Å². The number of aliphatic carboxylic acids is 3. The molecule has 1 aliphatic rings. The summed E-state index contributed by atoms with van der Waals surface area (Å²) in [5.74, 6) is -6.09. The number of benzene rings is 2. The Bertz CT molecular complexity index is 3160. The number of allylic oxidation sites excluding steroid dienone is 1. The van der Waals surface area contributed by atoms with Crippen LogP contribution in [0, 0.1) is 23.5 Å². The predicted octanol–water partition coefficient (Wildman–Crippen LogP) is 14.9. The number of hydrogen-bond acceptors (Lipinski definition) is 27. The van der Waals surface area contributed by atoms with E-state index in [2.05, 4.69) is 40.1 Å². The molecule has 2 aromatic carbocycles. The molecular formula is C86H158N6O26S. The number of unbranched alkanes of at least 4 members (excludes halogenated alkanes) is 7. The molecule has 2 atom stereocenters. The van der Waals surface area contributed by atoms with E-state index in [4.69, 9.17) is 69.8 Å². The highest BCUT2D eigenvalue weighted by molar-refractivity contribution is 7.45. The molecule has 0 radical (unpaired) electrons. The maximum Gasteiger partial charge on any atom is 0.320 e. The van der Waals surface area contributed by atoms with Gasteiger partial charge in [-0.1, -0.05) is 163 Å². The number of carboxylic acid groups (broad SMARTS) is 3. The molecule has 4 aromatic rings. The number of carbonyl (C=O) groups is 11. The van der Waals surface area contributed by atoms with E-state index in [1.54, 1.807) is 33.1 Å². The second kappa shape index (κ2) is 98.9. The molecule has 2 aromatic heterocycles. The van der Waals surface area contributed by atoms with Crippen molar-refractivity contribution >= 4 is 77.9 Å². The Morgan fingerprint density at radius 3 is 1.18 bits per heavy atom. The normalized spacial score (nSPS) is 10.2. The number of imidazole rings is 2. The molecule has 0 amide bonds. The van der Waals surface area contributed by atoms with Crippen molar-refractivity contribution in [2.75, 3.05) is 87.4 Å². The number of rotatable bonds is 50. The lowest BCUT2D eigenvalue weighted by atomic mass is 9.95. The molecule has 0 saturated carbocycles. The first-order valence-electron chi connectivity index (χ1n) is 35.0. The van der Waals surface area contributed by atoms with Crippen molar-refractivity contribution in [1.82, 2.24) is 19.1 Å². The Kier molecular flexibility index (Phi) is 117. The van der Waals surface area contributed by atoms with Crippen LogP contribution in [0.2, 0.25) is 0 Å². The van der Waals surface area contributed by atoms with Crippen LogP contribution in [0.1, 0.15) is 254 Å². The second-order valence-corrected chi connectivity index (χ2v) is 23.0. The molecule has 1 fully saturated rings. The van der Waals surface area contributed by atoms with E-state index in [-0.39, 0.29) is 203 Å². The average Bonchev–Trinajstić information content (AvgIpc) is 1.73. The molecule has 1 aliphatic heterocycles. The van der Waals surface area contributed by atoms with Crippen molar-refractivity contribution in [1.29, 1.82) is 4.78 Å². The van der Waals surface area contributed by atoms with Crippen LogP contribution in [-0.4, -0.2) is 204 Å². The SMILES string of the molecule is C.C.C.C.C.C.C.C.C.C.C.C.C=C(CCCCOC(=O)CCC(=O)O)OCCCCCC(=O)OCCOC.COCCOC(=O)CCCCCO.COCCOC(=O)CCCCCOC(=O)CCC(=O)CC(Cc1cn(Cc2ccccc2)cn1)C(=O)O.N=S.NC(Cc1cn(Cc2ccccc2)cn1)C(=O)O.O.O=C1CCC(=O)O1.[2H]C#C. The first-order chi connectivity index (χ1) is 51.5. The molecule has 2 unspecified atom stereocenters. The minimum atomic E-state index is -1.07. The zero-order valence-corrected chi connectivity index (χ0v) is 62.4. The standard InChI is InChI=1S/C27H36N2O8.C19H32O8.C13H15N3O2.C9H18O4.C4H4O3.C2H2.12CH4.HNS.H2O/c1-35-14-15-37-25(31)10-6-3-7-13-36-26(32)12-11-24(30)17-22(27(33)34)16-23-19-29(20-28-23)18-21-8-4-2-5-9-21;1-16(8-5-7-13-26-19(23)11-10-17(20)21)25-12-6-3-4-9-18(22)27-15-14-24-2;14-12(13(17)18)6-11-8-16(9-15-11)7-10-4-2-1-3-5-10;1-12-7-8-13-9(11)5-3-2-4-6-10;5-3-1-2-4(6)7-3;1-2;;;;;;;;;;;;;1-2;/h2,4-5,8-9,19-20,22H,3,6-7,10-18H2,1H3,(H,33,34);1,3-15H2,2H3,(H,20,21);1-5,8-9,12H,6-7,14H2,(H,17,18);10H,2-8H2,1H3;1-2H2;1-2H;12*1H4;1H;1H2/i;;;;;1D;;;;;;;;;;;;;;. The number of carbonyl (C=O) groups excluding carboxylic acids is 8. The van der Waals surface area contributed by atoms with Crippen LogP contribution < -0.4 is 5.73 Å². The molecule has 0 spiro atoms. The fraction of sp³-hybridized carbons (Fsp3) is 0.616. The number of aromatic nitrogens is 4. The number of terminal acetylenes is 1. The van der Waals surface area contributed by atoms with Crippen molar-refractivity contribution in [3.05, 3.63) is 121 Å². The van der Waals surface area contributed by atoms with Gasteiger partial charge in [-0.05, 0) is 75.3 Å². The Morgan fingerprint density at radius 1 is 0.496 bits per heavy atom. The summed E-state index contributed by atoms with van der Waals surface area (Å²) in [7, 11) is 4.65. The first kappa shape index (κ1) is 141. The molecule has 5 rings (SSSR count). The lowest BCUT2D eigenvalue weighted by Crippen LogP contribution is -2.32. The number of Topliss-reactive ketones (excluding diaryl/α,β-unsaturated/α-hetero) is 1. The largest absolute Gasteiger partial charge is 0.499 e. The van der Waals surface area contributed by atoms with Gasteiger partial charge in [0.25, 0.3) is 0 Å². The summed E-state index contributed by atoms with van der Waals surface area (Å²) in [6, 6.07) is 18.9. The van der Waals surface area contributed by atoms with Crippen LogP contribution in [0.4, 0.5) is 0 Å². The number of hydrogen-bond donors (Lipinski definition) is 6. The second-order valence-electron chi connectivity index (χ2n) is 23.0. The monoisotopic (exact) mass is 1720 g/mol. The van der Waals surface area contributed by atoms with Crippen molar-refractivity contribution < 1.29 is 127 Å². The molecule has 694 valence electrons. The maximum atomic E-state index is 12.3. The number of nitrogens with zero attached hydrogens (tertiary/aromatic N) is 4. The number of aliphatic hydroxyl groups is 1. The van der Waals surface area contributed by atoms with E-state index in [9.17, 15) is 57.8 Å². The Balaban J connectivity index is -0.0000000907. The summed E-state index contributed by atoms with van der Waals surface area (Å²) in [6.07, 6.45) is 23.0. The molecule has 1 saturated heterocycles. The van der Waals surface area contributed by atoms with E-state index >= 15 is 0 Å². The number of nitrogens with two attached hydrogens (primary N) is 1. The molecule has 0 aliphatic carbocycles. The lowest BCUT2D eigenvalue weighted by molar-refractivity contribution is -0.152. The van der Waals surface area contributed by atoms with Crippen LogP contribution in [0.5, 0.6) is 0 Å². The third-order valence-corrected chi connectivity index (χ3v) is 14.1. The molecule has 9 N–H and O–H groups in total. The summed E-state index contributed by atoms with van der Waals surface area (Å²) in [6.45, 7) is 8.48. The Labute approximate surface area is 720 Å². The quantitative estimate of drug-likeness (QED) is 0.00597. The van der Waals surface area contributed by atoms with Crippen molar-refractivity contribution in [3.63, 3.8) is 0 Å². The average molecular weight is 1730 g/mol. The highest BCUT2D eigenvalue weighted by Gasteiger charge is 2.24. The van der Waals surface area contributed by atoms with Crippen molar-refractivity contribution in [3.8, 4) is 12.8 Å². The first-order valence-corrected chi connectivity index (χ1v) is 34.9. The molecule has 33 heteroatoms. The summed E-state index contributed by atoms with van der Waals surface area (Å²) in [4.78, 5) is 130. The third kappa shape index (κ3) is 87.5. The minimum absolute atomic E-state index is 0. The van der Waals surface area contributed by atoms with Gasteiger partial charge in [0.05, 0.1) is 107 Å². The minimum Gasteiger partial charge on any atom is -0.499 e. The number of cyclic esters (lactones) is 2. The van der Waals surface area contributed by atoms with Crippen LogP contribution in [0.25, 0.3) is 0 Å². The molecule has 3 heterocycles. The van der Waals surface area contributed by atoms with Gasteiger partial charge < -0.3 is 88.1 Å². The lowest BCUT2D eigenvalue weighted by Gasteiger charge is -2.10. The van der Waals surface area contributed by atoms with Gasteiger partial charge in [-0.3, -0.25) is 52.7 Å². The smallest absolute Gasteiger partial charge is 0.320 e. The van der Waals surface area contributed by atoms with Crippen LogP contribution >= 0.6 is 0 Å². The number of methoxy groups -OCH3 is 3. The number of aliphatic hydroxyl groups excluding tert-OH is 1. The van der Waals surface area contributed by atoms with Gasteiger partial charge in [-0.25, -0.2) is 14.7 Å². The summed E-state index contributed by atoms with van der Waals surface area (Å²) >= 11 is 3.33. The highest BCUT2D eigenvalue weighted by atomic mass is 32.1. The van der Waals surface area contributed by atoms with Gasteiger partial charge in [-0.2, -0.15) is 0 Å². The van der Waals surface area contributed by atoms with E-state index in [0.717, 1.165) is 57.1 Å². The molecule has 32 nitrogen and oxygen atoms in total. The number of ether oxygens (including phenoxy) is 10. The number of nitrogens with one attached hydrogen (secondary N) is 1. The maximum absolute atomic E-state index is 12.3. The third-order valence-electron chi connectivity index (χ3n) is 14.1. The molecule has 119 heavy (non-hydrogen) atoms. The van der Waals surface area contributed by atoms with Crippen LogP contribution in [0.15, 0.2) is 98.1 Å². The fourth-order valence-corrected chi connectivity index (χ4v) is 8.67.